The average Bonchev–Trinajstić information content (AvgIpc) is 2.84. The van der Waals surface area contributed by atoms with Crippen LogP contribution in [0, 0.1) is 0 Å². The molecular formula is C11H17F3N4O3. The van der Waals surface area contributed by atoms with Crippen molar-refractivity contribution in [2.45, 2.75) is 44.8 Å². The molecule has 0 radical (unpaired) electrons. The molecule has 0 aliphatic heterocycles. The number of hydrogen-bond donors (Lipinski definition) is 1. The predicted octanol–water partition coefficient (Wildman–Crippen LogP) is 1.39. The van der Waals surface area contributed by atoms with Crippen LogP contribution >= 0.6 is 0 Å². The fourth-order valence-corrected chi connectivity index (χ4v) is 1.99. The number of ether oxygens (including phenoxy) is 1. The van der Waals surface area contributed by atoms with Crippen molar-refractivity contribution in [1.29, 1.82) is 0 Å². The molecule has 10 heteroatoms. The van der Waals surface area contributed by atoms with E-state index in [1.54, 1.807) is 13.8 Å². The fraction of sp³-hybridized carbons (Fsp3) is 0.818. The number of nitrogens with zero attached hydrogens (tertiary/aromatic N) is 4. The second kappa shape index (κ2) is 6.83. The lowest BCUT2D eigenvalue weighted by molar-refractivity contribution is -0.173. The lowest BCUT2D eigenvalue weighted by Crippen LogP contribution is -2.43. The second-order valence-electron chi connectivity index (χ2n) is 4.47. The van der Waals surface area contributed by atoms with E-state index >= 15 is 0 Å². The molecular weight excluding hydrogens is 293 g/mol. The highest BCUT2D eigenvalue weighted by molar-refractivity contribution is 5.76. The van der Waals surface area contributed by atoms with Crippen LogP contribution in [-0.4, -0.2) is 50.7 Å². The van der Waals surface area contributed by atoms with Gasteiger partial charge in [-0.15, -0.1) is 5.10 Å². The Labute approximate surface area is 119 Å². The lowest BCUT2D eigenvalue weighted by atomic mass is 9.93. The summed E-state index contributed by atoms with van der Waals surface area (Å²) in [6.07, 6.45) is -3.90. The zero-order chi connectivity index (χ0) is 16.1. The maximum Gasteiger partial charge on any atom is 0.411 e. The Kier molecular flexibility index (Phi) is 5.64. The maximum absolute atomic E-state index is 12.0. The third-order valence-corrected chi connectivity index (χ3v) is 3.24. The molecule has 21 heavy (non-hydrogen) atoms. The van der Waals surface area contributed by atoms with Crippen LogP contribution in [0.1, 0.15) is 32.5 Å². The molecule has 0 aliphatic rings. The molecule has 1 aromatic heterocycles. The molecule has 0 bridgehead atoms. The SMILES string of the molecule is CCC(CC)(C(=O)O)n1nnnc1CCOCC(F)(F)F. The molecule has 0 saturated carbocycles. The van der Waals surface area contributed by atoms with Crippen molar-refractivity contribution in [1.82, 2.24) is 20.2 Å². The quantitative estimate of drug-likeness (QED) is 0.730. The summed E-state index contributed by atoms with van der Waals surface area (Å²) in [5, 5.41) is 20.2. The Bertz CT molecular complexity index is 472. The minimum atomic E-state index is -4.40. The molecule has 7 nitrogen and oxygen atoms in total. The van der Waals surface area contributed by atoms with Gasteiger partial charge in [0.2, 0.25) is 0 Å². The summed E-state index contributed by atoms with van der Waals surface area (Å²) in [6.45, 7) is 1.76. The number of alkyl halides is 3. The van der Waals surface area contributed by atoms with Gasteiger partial charge in [-0.05, 0) is 23.3 Å². The molecule has 1 rings (SSSR count). The van der Waals surface area contributed by atoms with Crippen LogP contribution in [0.5, 0.6) is 0 Å². The van der Waals surface area contributed by atoms with Gasteiger partial charge < -0.3 is 9.84 Å². The highest BCUT2D eigenvalue weighted by Gasteiger charge is 2.40. The van der Waals surface area contributed by atoms with E-state index in [1.807, 2.05) is 0 Å². The molecule has 1 aromatic rings. The summed E-state index contributed by atoms with van der Waals surface area (Å²) < 4.78 is 41.5. The minimum Gasteiger partial charge on any atom is -0.479 e. The lowest BCUT2D eigenvalue weighted by Gasteiger charge is -2.27. The number of aliphatic carboxylic acids is 1. The number of rotatable bonds is 8. The van der Waals surface area contributed by atoms with Crippen LogP contribution in [0.25, 0.3) is 0 Å². The maximum atomic E-state index is 12.0. The standard InChI is InChI=1S/C11H17F3N4O3/c1-3-10(4-2,9(19)20)18-8(15-16-17-18)5-6-21-7-11(12,13)14/h3-7H2,1-2H3,(H,19,20). The van der Waals surface area contributed by atoms with E-state index in [0.29, 0.717) is 0 Å². The van der Waals surface area contributed by atoms with Gasteiger partial charge in [0.25, 0.3) is 0 Å². The van der Waals surface area contributed by atoms with E-state index in [0.717, 1.165) is 4.68 Å². The number of tetrazole rings is 1. The summed E-state index contributed by atoms with van der Waals surface area (Å²) in [6, 6.07) is 0. The molecule has 0 aromatic carbocycles. The number of carbonyl (C=O) groups is 1. The smallest absolute Gasteiger partial charge is 0.411 e. The molecule has 1 heterocycles. The highest BCUT2D eigenvalue weighted by atomic mass is 19.4. The third kappa shape index (κ3) is 4.13. The van der Waals surface area contributed by atoms with Crippen molar-refractivity contribution >= 4 is 5.97 Å². The highest BCUT2D eigenvalue weighted by Crippen LogP contribution is 2.25. The first kappa shape index (κ1) is 17.3. The van der Waals surface area contributed by atoms with Gasteiger partial charge in [0, 0.05) is 6.42 Å². The Morgan fingerprint density at radius 1 is 1.33 bits per heavy atom. The fourth-order valence-electron chi connectivity index (χ4n) is 1.99. The first-order chi connectivity index (χ1) is 9.77. The van der Waals surface area contributed by atoms with Crippen LogP contribution < -0.4 is 0 Å². The van der Waals surface area contributed by atoms with Gasteiger partial charge >= 0.3 is 12.1 Å². The summed E-state index contributed by atoms with van der Waals surface area (Å²) >= 11 is 0. The van der Waals surface area contributed by atoms with Crippen LogP contribution in [0.2, 0.25) is 0 Å². The Hall–Kier alpha value is -1.71. The predicted molar refractivity (Wildman–Crippen MR) is 64.6 cm³/mol. The van der Waals surface area contributed by atoms with Gasteiger partial charge in [-0.1, -0.05) is 13.8 Å². The van der Waals surface area contributed by atoms with Crippen LogP contribution in [0.15, 0.2) is 0 Å². The molecule has 0 fully saturated rings. The zero-order valence-corrected chi connectivity index (χ0v) is 11.7. The number of carboxylic acid groups (broad SMARTS) is 1. The van der Waals surface area contributed by atoms with Crippen molar-refractivity contribution in [2.75, 3.05) is 13.2 Å². The molecule has 0 saturated heterocycles. The normalized spacial score (nSPS) is 12.6. The van der Waals surface area contributed by atoms with E-state index in [2.05, 4.69) is 20.3 Å². The molecule has 120 valence electrons. The van der Waals surface area contributed by atoms with E-state index < -0.39 is 24.3 Å². The van der Waals surface area contributed by atoms with Gasteiger partial charge in [-0.2, -0.15) is 13.2 Å². The van der Waals surface area contributed by atoms with Crippen LogP contribution in [0.3, 0.4) is 0 Å². The van der Waals surface area contributed by atoms with Crippen LogP contribution in [0.4, 0.5) is 13.2 Å². The molecule has 0 unspecified atom stereocenters. The van der Waals surface area contributed by atoms with Gasteiger partial charge in [0.1, 0.15) is 6.61 Å². The van der Waals surface area contributed by atoms with E-state index in [1.165, 1.54) is 0 Å². The second-order valence-corrected chi connectivity index (χ2v) is 4.47. The molecule has 0 atom stereocenters. The third-order valence-electron chi connectivity index (χ3n) is 3.24. The Morgan fingerprint density at radius 3 is 2.43 bits per heavy atom. The minimum absolute atomic E-state index is 0.00187. The van der Waals surface area contributed by atoms with Crippen molar-refractivity contribution in [3.05, 3.63) is 5.82 Å². The van der Waals surface area contributed by atoms with Gasteiger partial charge in [-0.25, -0.2) is 9.48 Å². The van der Waals surface area contributed by atoms with Crippen LogP contribution in [-0.2, 0) is 21.5 Å². The average molecular weight is 310 g/mol. The summed E-state index contributed by atoms with van der Waals surface area (Å²) in [4.78, 5) is 11.5. The van der Waals surface area contributed by atoms with Gasteiger partial charge in [0.05, 0.1) is 6.61 Å². The Morgan fingerprint density at radius 2 is 1.95 bits per heavy atom. The molecule has 0 spiro atoms. The van der Waals surface area contributed by atoms with E-state index in [9.17, 15) is 23.1 Å². The first-order valence-corrected chi connectivity index (χ1v) is 6.42. The van der Waals surface area contributed by atoms with Crippen molar-refractivity contribution in [3.8, 4) is 0 Å². The monoisotopic (exact) mass is 310 g/mol. The number of hydrogen-bond acceptors (Lipinski definition) is 5. The van der Waals surface area contributed by atoms with E-state index in [-0.39, 0.29) is 31.7 Å². The zero-order valence-electron chi connectivity index (χ0n) is 11.7. The molecule has 0 aliphatic carbocycles. The van der Waals surface area contributed by atoms with E-state index in [4.69, 9.17) is 0 Å². The molecule has 0 amide bonds. The summed E-state index contributed by atoms with van der Waals surface area (Å²) in [5.74, 6) is -0.902. The number of carboxylic acids is 1. The number of aromatic nitrogens is 4. The molecule has 1 N–H and O–H groups in total. The van der Waals surface area contributed by atoms with Crippen molar-refractivity contribution < 1.29 is 27.8 Å². The topological polar surface area (TPSA) is 90.1 Å². The van der Waals surface area contributed by atoms with Crippen molar-refractivity contribution in [2.24, 2.45) is 0 Å². The van der Waals surface area contributed by atoms with Crippen molar-refractivity contribution in [3.63, 3.8) is 0 Å². The number of halogens is 3. The Balaban J connectivity index is 2.79. The summed E-state index contributed by atoms with van der Waals surface area (Å²) in [7, 11) is 0. The first-order valence-electron chi connectivity index (χ1n) is 6.42. The summed E-state index contributed by atoms with van der Waals surface area (Å²) in [5.41, 5.74) is -1.30. The van der Waals surface area contributed by atoms with Gasteiger partial charge in [0.15, 0.2) is 11.4 Å². The van der Waals surface area contributed by atoms with Gasteiger partial charge in [-0.3, -0.25) is 0 Å². The largest absolute Gasteiger partial charge is 0.479 e.